The van der Waals surface area contributed by atoms with Crippen LogP contribution in [0.5, 0.6) is 0 Å². The standard InChI is InChI=1S/C13H28N2/c1-11-6-7-13(12(2)10-11)15(4)9-5-8-14-3/h11-14H,5-10H2,1-4H3. The van der Waals surface area contributed by atoms with E-state index in [1.54, 1.807) is 0 Å². The lowest BCUT2D eigenvalue weighted by Crippen LogP contribution is -2.41. The molecule has 0 bridgehead atoms. The number of nitrogens with one attached hydrogen (secondary N) is 1. The molecule has 0 radical (unpaired) electrons. The first-order chi connectivity index (χ1) is 7.15. The Kier molecular flexibility index (Phi) is 5.62. The monoisotopic (exact) mass is 212 g/mol. The molecule has 0 aromatic rings. The van der Waals surface area contributed by atoms with Gasteiger partial charge in [-0.05, 0) is 64.7 Å². The molecule has 1 aliphatic rings. The van der Waals surface area contributed by atoms with Gasteiger partial charge in [0.2, 0.25) is 0 Å². The van der Waals surface area contributed by atoms with Crippen LogP contribution in [0.4, 0.5) is 0 Å². The van der Waals surface area contributed by atoms with Gasteiger partial charge < -0.3 is 10.2 Å². The molecule has 0 amide bonds. The lowest BCUT2D eigenvalue weighted by Gasteiger charge is -2.38. The Hall–Kier alpha value is -0.0800. The van der Waals surface area contributed by atoms with Crippen molar-refractivity contribution in [2.45, 2.75) is 45.6 Å². The third kappa shape index (κ3) is 4.12. The normalized spacial score (nSPS) is 32.2. The molecule has 0 heterocycles. The van der Waals surface area contributed by atoms with Gasteiger partial charge in [0.25, 0.3) is 0 Å². The third-order valence-corrected chi connectivity index (χ3v) is 3.89. The van der Waals surface area contributed by atoms with Crippen LogP contribution in [0.3, 0.4) is 0 Å². The molecule has 2 heteroatoms. The van der Waals surface area contributed by atoms with Crippen LogP contribution in [-0.4, -0.2) is 38.1 Å². The summed E-state index contributed by atoms with van der Waals surface area (Å²) in [7, 11) is 4.33. The van der Waals surface area contributed by atoms with E-state index in [1.807, 2.05) is 7.05 Å². The molecule has 0 spiro atoms. The summed E-state index contributed by atoms with van der Waals surface area (Å²) in [4.78, 5) is 2.58. The van der Waals surface area contributed by atoms with E-state index in [4.69, 9.17) is 0 Å². The summed E-state index contributed by atoms with van der Waals surface area (Å²) in [6, 6.07) is 0.832. The van der Waals surface area contributed by atoms with Crippen LogP contribution in [0.1, 0.15) is 39.5 Å². The van der Waals surface area contributed by atoms with Gasteiger partial charge in [-0.2, -0.15) is 0 Å². The second kappa shape index (κ2) is 6.49. The Morgan fingerprint density at radius 2 is 2.00 bits per heavy atom. The minimum Gasteiger partial charge on any atom is -0.320 e. The first-order valence-corrected chi connectivity index (χ1v) is 6.50. The zero-order valence-corrected chi connectivity index (χ0v) is 10.9. The van der Waals surface area contributed by atoms with E-state index in [2.05, 4.69) is 31.1 Å². The fraction of sp³-hybridized carbons (Fsp3) is 1.00. The van der Waals surface area contributed by atoms with Crippen LogP contribution in [0.2, 0.25) is 0 Å². The molecule has 90 valence electrons. The molecule has 3 unspecified atom stereocenters. The zero-order chi connectivity index (χ0) is 11.3. The van der Waals surface area contributed by atoms with E-state index < -0.39 is 0 Å². The predicted molar refractivity (Wildman–Crippen MR) is 67.1 cm³/mol. The Balaban J connectivity index is 2.28. The molecule has 1 N–H and O–H groups in total. The molecular weight excluding hydrogens is 184 g/mol. The van der Waals surface area contributed by atoms with Crippen molar-refractivity contribution in [1.82, 2.24) is 10.2 Å². The van der Waals surface area contributed by atoms with E-state index in [9.17, 15) is 0 Å². The molecule has 1 rings (SSSR count). The van der Waals surface area contributed by atoms with Gasteiger partial charge >= 0.3 is 0 Å². The molecule has 15 heavy (non-hydrogen) atoms. The van der Waals surface area contributed by atoms with Crippen molar-refractivity contribution in [3.63, 3.8) is 0 Å². The summed E-state index contributed by atoms with van der Waals surface area (Å²) in [5.41, 5.74) is 0. The molecule has 0 aliphatic heterocycles. The van der Waals surface area contributed by atoms with Crippen LogP contribution in [0.25, 0.3) is 0 Å². The first-order valence-electron chi connectivity index (χ1n) is 6.50. The fourth-order valence-corrected chi connectivity index (χ4v) is 2.98. The quantitative estimate of drug-likeness (QED) is 0.704. The maximum atomic E-state index is 3.22. The number of hydrogen-bond donors (Lipinski definition) is 1. The highest BCUT2D eigenvalue weighted by Crippen LogP contribution is 2.31. The molecule has 3 atom stereocenters. The van der Waals surface area contributed by atoms with Crippen LogP contribution >= 0.6 is 0 Å². The highest BCUT2D eigenvalue weighted by atomic mass is 15.1. The van der Waals surface area contributed by atoms with Crippen molar-refractivity contribution < 1.29 is 0 Å². The van der Waals surface area contributed by atoms with E-state index in [0.717, 1.165) is 24.4 Å². The van der Waals surface area contributed by atoms with Crippen molar-refractivity contribution in [1.29, 1.82) is 0 Å². The topological polar surface area (TPSA) is 15.3 Å². The highest BCUT2D eigenvalue weighted by Gasteiger charge is 2.27. The second-order valence-corrected chi connectivity index (χ2v) is 5.40. The van der Waals surface area contributed by atoms with Crippen molar-refractivity contribution in [2.24, 2.45) is 11.8 Å². The smallest absolute Gasteiger partial charge is 0.0118 e. The van der Waals surface area contributed by atoms with Crippen molar-refractivity contribution >= 4 is 0 Å². The Labute approximate surface area is 95.4 Å². The largest absolute Gasteiger partial charge is 0.320 e. The molecule has 0 saturated heterocycles. The fourth-order valence-electron chi connectivity index (χ4n) is 2.98. The summed E-state index contributed by atoms with van der Waals surface area (Å²) in [5.74, 6) is 1.83. The van der Waals surface area contributed by atoms with Gasteiger partial charge in [0.15, 0.2) is 0 Å². The van der Waals surface area contributed by atoms with Gasteiger partial charge in [-0.15, -0.1) is 0 Å². The number of hydrogen-bond acceptors (Lipinski definition) is 2. The van der Waals surface area contributed by atoms with Crippen molar-refractivity contribution in [2.75, 3.05) is 27.2 Å². The zero-order valence-electron chi connectivity index (χ0n) is 10.9. The SMILES string of the molecule is CNCCCN(C)C1CCC(C)CC1C. The number of nitrogens with zero attached hydrogens (tertiary/aromatic N) is 1. The van der Waals surface area contributed by atoms with Gasteiger partial charge in [0, 0.05) is 6.04 Å². The number of rotatable bonds is 5. The molecule has 0 aromatic carbocycles. The summed E-state index contributed by atoms with van der Waals surface area (Å²) in [6.07, 6.45) is 5.51. The van der Waals surface area contributed by atoms with Gasteiger partial charge in [0.1, 0.15) is 0 Å². The Morgan fingerprint density at radius 1 is 1.27 bits per heavy atom. The Morgan fingerprint density at radius 3 is 2.60 bits per heavy atom. The minimum absolute atomic E-state index is 0.832. The third-order valence-electron chi connectivity index (χ3n) is 3.89. The summed E-state index contributed by atoms with van der Waals surface area (Å²) < 4.78 is 0. The summed E-state index contributed by atoms with van der Waals surface area (Å²) in [6.45, 7) is 7.20. The Bertz CT molecular complexity index is 170. The average molecular weight is 212 g/mol. The van der Waals surface area contributed by atoms with Crippen molar-refractivity contribution in [3.8, 4) is 0 Å². The molecular formula is C13H28N2. The van der Waals surface area contributed by atoms with Gasteiger partial charge in [-0.25, -0.2) is 0 Å². The molecule has 0 aromatic heterocycles. The highest BCUT2D eigenvalue weighted by molar-refractivity contribution is 4.81. The van der Waals surface area contributed by atoms with Gasteiger partial charge in [-0.3, -0.25) is 0 Å². The lowest BCUT2D eigenvalue weighted by molar-refractivity contribution is 0.116. The van der Waals surface area contributed by atoms with E-state index in [-0.39, 0.29) is 0 Å². The summed E-state index contributed by atoms with van der Waals surface area (Å²) >= 11 is 0. The molecule has 1 saturated carbocycles. The van der Waals surface area contributed by atoms with Crippen LogP contribution < -0.4 is 5.32 Å². The molecule has 2 nitrogen and oxygen atoms in total. The van der Waals surface area contributed by atoms with Crippen LogP contribution in [-0.2, 0) is 0 Å². The van der Waals surface area contributed by atoms with E-state index in [1.165, 1.54) is 32.2 Å². The van der Waals surface area contributed by atoms with Crippen molar-refractivity contribution in [3.05, 3.63) is 0 Å². The maximum absolute atomic E-state index is 3.22. The van der Waals surface area contributed by atoms with Gasteiger partial charge in [-0.1, -0.05) is 13.8 Å². The minimum atomic E-state index is 0.832. The molecule has 1 aliphatic carbocycles. The van der Waals surface area contributed by atoms with E-state index in [0.29, 0.717) is 0 Å². The second-order valence-electron chi connectivity index (χ2n) is 5.40. The maximum Gasteiger partial charge on any atom is 0.0118 e. The first kappa shape index (κ1) is 13.0. The van der Waals surface area contributed by atoms with Crippen LogP contribution in [0, 0.1) is 11.8 Å². The van der Waals surface area contributed by atoms with Gasteiger partial charge in [0.05, 0.1) is 0 Å². The van der Waals surface area contributed by atoms with Crippen LogP contribution in [0.15, 0.2) is 0 Å². The lowest BCUT2D eigenvalue weighted by atomic mass is 9.79. The predicted octanol–water partition coefficient (Wildman–Crippen LogP) is 2.35. The summed E-state index contributed by atoms with van der Waals surface area (Å²) in [5, 5.41) is 3.22. The molecule has 1 fully saturated rings. The average Bonchev–Trinajstić information content (AvgIpc) is 2.17. The van der Waals surface area contributed by atoms with E-state index >= 15 is 0 Å².